The van der Waals surface area contributed by atoms with E-state index in [9.17, 15) is 22.8 Å². The van der Waals surface area contributed by atoms with Crippen LogP contribution in [-0.2, 0) is 15.8 Å². The second kappa shape index (κ2) is 9.09. The van der Waals surface area contributed by atoms with Gasteiger partial charge < -0.3 is 14.8 Å². The maximum absolute atomic E-state index is 13.0. The third-order valence-electron chi connectivity index (χ3n) is 3.73. The highest BCUT2D eigenvalue weighted by Gasteiger charge is 2.33. The number of thioether (sulfide) groups is 1. The summed E-state index contributed by atoms with van der Waals surface area (Å²) in [6.45, 7) is 3.53. The van der Waals surface area contributed by atoms with Gasteiger partial charge >= 0.3 is 6.18 Å². The van der Waals surface area contributed by atoms with Crippen LogP contribution >= 0.6 is 11.8 Å². The van der Waals surface area contributed by atoms with Gasteiger partial charge in [0.05, 0.1) is 23.5 Å². The van der Waals surface area contributed by atoms with Gasteiger partial charge in [-0.1, -0.05) is 23.9 Å². The SMILES string of the molecule is CC(C)n1cnnc1SCC(=O)N(C)CC(=O)Nc1ccccc1C(F)(F)F. The number of rotatable bonds is 7. The van der Waals surface area contributed by atoms with Gasteiger partial charge in [-0.15, -0.1) is 10.2 Å². The zero-order valence-electron chi connectivity index (χ0n) is 15.5. The number of nitrogens with zero attached hydrogens (tertiary/aromatic N) is 4. The van der Waals surface area contributed by atoms with Crippen LogP contribution in [0.5, 0.6) is 0 Å². The van der Waals surface area contributed by atoms with E-state index >= 15 is 0 Å². The molecule has 0 aliphatic rings. The Kier molecular flexibility index (Phi) is 7.05. The molecule has 0 unspecified atom stereocenters. The predicted octanol–water partition coefficient (Wildman–Crippen LogP) is 3.07. The number of anilines is 1. The lowest BCUT2D eigenvalue weighted by molar-refractivity contribution is -0.137. The Balaban J connectivity index is 1.92. The van der Waals surface area contributed by atoms with Crippen LogP contribution in [0.2, 0.25) is 0 Å². The maximum Gasteiger partial charge on any atom is 0.418 e. The van der Waals surface area contributed by atoms with Crippen molar-refractivity contribution in [1.82, 2.24) is 19.7 Å². The minimum absolute atomic E-state index is 0.0222. The zero-order valence-corrected chi connectivity index (χ0v) is 16.3. The number of hydrogen-bond donors (Lipinski definition) is 1. The number of halogens is 3. The van der Waals surface area contributed by atoms with E-state index in [2.05, 4.69) is 15.5 Å². The molecule has 0 atom stereocenters. The molecule has 2 amide bonds. The Morgan fingerprint density at radius 1 is 1.29 bits per heavy atom. The van der Waals surface area contributed by atoms with E-state index in [1.54, 1.807) is 10.9 Å². The fourth-order valence-corrected chi connectivity index (χ4v) is 3.24. The molecule has 28 heavy (non-hydrogen) atoms. The second-order valence-electron chi connectivity index (χ2n) is 6.24. The van der Waals surface area contributed by atoms with E-state index in [0.717, 1.165) is 17.0 Å². The van der Waals surface area contributed by atoms with E-state index < -0.39 is 17.6 Å². The number of aromatic nitrogens is 3. The van der Waals surface area contributed by atoms with Crippen LogP contribution in [0, 0.1) is 0 Å². The lowest BCUT2D eigenvalue weighted by Crippen LogP contribution is -2.36. The molecule has 1 heterocycles. The Morgan fingerprint density at radius 2 is 1.96 bits per heavy atom. The summed E-state index contributed by atoms with van der Waals surface area (Å²) in [6.07, 6.45) is -3.03. The summed E-state index contributed by atoms with van der Waals surface area (Å²) < 4.78 is 40.8. The van der Waals surface area contributed by atoms with Gasteiger partial charge in [-0.05, 0) is 26.0 Å². The molecule has 0 fully saturated rings. The van der Waals surface area contributed by atoms with Gasteiger partial charge in [-0.25, -0.2) is 0 Å². The quantitative estimate of drug-likeness (QED) is 0.703. The summed E-state index contributed by atoms with van der Waals surface area (Å²) >= 11 is 1.17. The van der Waals surface area contributed by atoms with Crippen molar-refractivity contribution in [3.05, 3.63) is 36.2 Å². The first-order valence-corrected chi connectivity index (χ1v) is 9.30. The highest BCUT2D eigenvalue weighted by atomic mass is 32.2. The highest BCUT2D eigenvalue weighted by molar-refractivity contribution is 7.99. The number of hydrogen-bond acceptors (Lipinski definition) is 5. The largest absolute Gasteiger partial charge is 0.418 e. The number of amides is 2. The van der Waals surface area contributed by atoms with Crippen molar-refractivity contribution in [1.29, 1.82) is 0 Å². The average molecular weight is 415 g/mol. The summed E-state index contributed by atoms with van der Waals surface area (Å²) in [5.41, 5.74) is -1.29. The average Bonchev–Trinajstić information content (AvgIpc) is 3.07. The summed E-state index contributed by atoms with van der Waals surface area (Å²) in [6, 6.07) is 4.80. The van der Waals surface area contributed by atoms with Crippen LogP contribution in [0.3, 0.4) is 0 Å². The summed E-state index contributed by atoms with van der Waals surface area (Å²) in [5.74, 6) is -1.06. The van der Waals surface area contributed by atoms with E-state index in [1.165, 1.54) is 30.9 Å². The van der Waals surface area contributed by atoms with Crippen molar-refractivity contribution < 1.29 is 22.8 Å². The van der Waals surface area contributed by atoms with Crippen LogP contribution in [-0.4, -0.2) is 50.8 Å². The van der Waals surface area contributed by atoms with E-state index in [4.69, 9.17) is 0 Å². The van der Waals surface area contributed by atoms with Gasteiger partial charge in [0.15, 0.2) is 5.16 Å². The number of alkyl halides is 3. The molecule has 0 radical (unpaired) electrons. The van der Waals surface area contributed by atoms with Gasteiger partial charge in [-0.3, -0.25) is 9.59 Å². The molecule has 11 heteroatoms. The van der Waals surface area contributed by atoms with E-state index in [-0.39, 0.29) is 29.9 Å². The summed E-state index contributed by atoms with van der Waals surface area (Å²) in [7, 11) is 1.41. The lowest BCUT2D eigenvalue weighted by Gasteiger charge is -2.18. The number of nitrogens with one attached hydrogen (secondary N) is 1. The first-order chi connectivity index (χ1) is 13.1. The smallest absolute Gasteiger partial charge is 0.336 e. The normalized spacial score (nSPS) is 11.5. The molecule has 1 aromatic carbocycles. The third-order valence-corrected chi connectivity index (χ3v) is 4.68. The van der Waals surface area contributed by atoms with Crippen molar-refractivity contribution in [2.75, 3.05) is 24.7 Å². The third kappa shape index (κ3) is 5.72. The van der Waals surface area contributed by atoms with Crippen molar-refractivity contribution in [3.63, 3.8) is 0 Å². The topological polar surface area (TPSA) is 80.1 Å². The lowest BCUT2D eigenvalue weighted by atomic mass is 10.1. The number of likely N-dealkylation sites (N-methyl/N-ethyl adjacent to an activating group) is 1. The number of carbonyl (C=O) groups excluding carboxylic acids is 2. The molecule has 0 aliphatic carbocycles. The summed E-state index contributed by atoms with van der Waals surface area (Å²) in [5, 5.41) is 10.5. The van der Waals surface area contributed by atoms with Gasteiger partial charge in [-0.2, -0.15) is 13.2 Å². The molecular weight excluding hydrogens is 395 g/mol. The monoisotopic (exact) mass is 415 g/mol. The Labute approximate surface area is 164 Å². The fourth-order valence-electron chi connectivity index (χ4n) is 2.26. The highest BCUT2D eigenvalue weighted by Crippen LogP contribution is 2.34. The molecule has 0 saturated carbocycles. The van der Waals surface area contributed by atoms with Crippen LogP contribution in [0.25, 0.3) is 0 Å². The molecule has 2 aromatic rings. The summed E-state index contributed by atoms with van der Waals surface area (Å²) in [4.78, 5) is 25.4. The molecule has 0 spiro atoms. The molecule has 152 valence electrons. The number of carbonyl (C=O) groups is 2. The van der Waals surface area contributed by atoms with Gasteiger partial charge in [0.25, 0.3) is 0 Å². The van der Waals surface area contributed by atoms with Crippen molar-refractivity contribution in [3.8, 4) is 0 Å². The molecule has 0 saturated heterocycles. The van der Waals surface area contributed by atoms with Crippen LogP contribution in [0.1, 0.15) is 25.5 Å². The van der Waals surface area contributed by atoms with Crippen molar-refractivity contribution >= 4 is 29.3 Å². The first-order valence-electron chi connectivity index (χ1n) is 8.32. The van der Waals surface area contributed by atoms with Crippen molar-refractivity contribution in [2.24, 2.45) is 0 Å². The van der Waals surface area contributed by atoms with Crippen LogP contribution in [0.4, 0.5) is 18.9 Å². The van der Waals surface area contributed by atoms with Crippen LogP contribution < -0.4 is 5.32 Å². The molecule has 1 aromatic heterocycles. The van der Waals surface area contributed by atoms with Crippen molar-refractivity contribution in [2.45, 2.75) is 31.2 Å². The number of para-hydroxylation sites is 1. The Morgan fingerprint density at radius 3 is 2.61 bits per heavy atom. The van der Waals surface area contributed by atoms with Gasteiger partial charge in [0, 0.05) is 13.1 Å². The Bertz CT molecular complexity index is 838. The molecular formula is C17H20F3N5O2S. The molecule has 0 aliphatic heterocycles. The van der Waals surface area contributed by atoms with E-state index in [0.29, 0.717) is 5.16 Å². The van der Waals surface area contributed by atoms with E-state index in [1.807, 2.05) is 13.8 Å². The zero-order chi connectivity index (χ0) is 20.9. The Hall–Kier alpha value is -2.56. The predicted molar refractivity (Wildman–Crippen MR) is 98.8 cm³/mol. The maximum atomic E-state index is 13.0. The standard InChI is InChI=1S/C17H20F3N5O2S/c1-11(2)25-10-21-23-16(25)28-9-15(27)24(3)8-14(26)22-13-7-5-4-6-12(13)17(18,19)20/h4-7,10-11H,8-9H2,1-3H3,(H,22,26). The fraction of sp³-hybridized carbons (Fsp3) is 0.412. The second-order valence-corrected chi connectivity index (χ2v) is 7.19. The minimum atomic E-state index is -4.59. The number of benzene rings is 1. The molecule has 1 N–H and O–H groups in total. The molecule has 7 nitrogen and oxygen atoms in total. The van der Waals surface area contributed by atoms with Gasteiger partial charge in [0.2, 0.25) is 11.8 Å². The van der Waals surface area contributed by atoms with Gasteiger partial charge in [0.1, 0.15) is 6.33 Å². The van der Waals surface area contributed by atoms with Crippen LogP contribution in [0.15, 0.2) is 35.7 Å². The molecule has 2 rings (SSSR count). The first kappa shape index (κ1) is 21.7. The minimum Gasteiger partial charge on any atom is -0.336 e. The molecule has 0 bridgehead atoms.